The lowest BCUT2D eigenvalue weighted by Crippen LogP contribution is -2.45. The molecule has 1 aliphatic rings. The lowest BCUT2D eigenvalue weighted by Gasteiger charge is -2.38. The molecular weight excluding hydrogens is 230 g/mol. The van der Waals surface area contributed by atoms with Gasteiger partial charge in [0.2, 0.25) is 0 Å². The van der Waals surface area contributed by atoms with Crippen LogP contribution < -0.4 is 5.32 Å². The molecule has 1 unspecified atom stereocenters. The molecule has 1 atom stereocenters. The third-order valence-corrected chi connectivity index (χ3v) is 4.72. The number of benzene rings is 1. The van der Waals surface area contributed by atoms with Gasteiger partial charge in [-0.05, 0) is 45.2 Å². The Morgan fingerprint density at radius 3 is 2.42 bits per heavy atom. The number of allylic oxidation sites excluding steroid dienone is 1. The minimum absolute atomic E-state index is 0.339. The fourth-order valence-electron chi connectivity index (χ4n) is 3.70. The Balaban J connectivity index is 2.25. The summed E-state index contributed by atoms with van der Waals surface area (Å²) in [4.78, 5) is 0. The zero-order valence-electron chi connectivity index (χ0n) is 12.4. The van der Waals surface area contributed by atoms with Crippen LogP contribution in [0.1, 0.15) is 51.0 Å². The number of nitrogens with one attached hydrogen (secondary N) is 1. The average Bonchev–Trinajstić information content (AvgIpc) is 2.91. The van der Waals surface area contributed by atoms with Gasteiger partial charge in [-0.2, -0.15) is 0 Å². The van der Waals surface area contributed by atoms with Gasteiger partial charge in [0.1, 0.15) is 0 Å². The number of likely N-dealkylation sites (N-methyl/N-ethyl adjacent to an activating group) is 1. The van der Waals surface area contributed by atoms with Crippen molar-refractivity contribution in [3.05, 3.63) is 48.0 Å². The van der Waals surface area contributed by atoms with Crippen LogP contribution in [0.25, 0.3) is 0 Å². The lowest BCUT2D eigenvalue weighted by molar-refractivity contribution is 0.295. The summed E-state index contributed by atoms with van der Waals surface area (Å²) in [5.74, 6) is 0. The first-order chi connectivity index (χ1) is 9.19. The quantitative estimate of drug-likeness (QED) is 0.743. The van der Waals surface area contributed by atoms with Crippen molar-refractivity contribution in [2.24, 2.45) is 0 Å². The monoisotopic (exact) mass is 257 g/mol. The summed E-state index contributed by atoms with van der Waals surface area (Å²) >= 11 is 0. The van der Waals surface area contributed by atoms with E-state index in [9.17, 15) is 0 Å². The molecule has 1 N–H and O–H groups in total. The van der Waals surface area contributed by atoms with Gasteiger partial charge in [0.05, 0.1) is 0 Å². The van der Waals surface area contributed by atoms with Gasteiger partial charge in [0.25, 0.3) is 0 Å². The third kappa shape index (κ3) is 3.09. The van der Waals surface area contributed by atoms with E-state index in [1.54, 1.807) is 0 Å². The second-order valence-electron chi connectivity index (χ2n) is 6.07. The molecule has 1 nitrogen and oxygen atoms in total. The van der Waals surface area contributed by atoms with Crippen molar-refractivity contribution in [3.8, 4) is 0 Å². The highest BCUT2D eigenvalue weighted by molar-refractivity contribution is 5.29. The second kappa shape index (κ2) is 6.38. The fourth-order valence-corrected chi connectivity index (χ4v) is 3.70. The molecule has 0 bridgehead atoms. The molecule has 0 aromatic heterocycles. The largest absolute Gasteiger partial charge is 0.316 e. The summed E-state index contributed by atoms with van der Waals surface area (Å²) in [6, 6.07) is 11.7. The Kier molecular flexibility index (Phi) is 4.81. The molecular formula is C18H27N. The van der Waals surface area contributed by atoms with Crippen molar-refractivity contribution in [1.82, 2.24) is 5.32 Å². The average molecular weight is 257 g/mol. The molecule has 0 radical (unpaired) electrons. The summed E-state index contributed by atoms with van der Waals surface area (Å²) in [5.41, 5.74) is 3.15. The van der Waals surface area contributed by atoms with E-state index in [1.807, 2.05) is 0 Å². The summed E-state index contributed by atoms with van der Waals surface area (Å²) < 4.78 is 0. The molecule has 1 aromatic carbocycles. The van der Waals surface area contributed by atoms with E-state index in [4.69, 9.17) is 0 Å². The van der Waals surface area contributed by atoms with Gasteiger partial charge in [0.15, 0.2) is 0 Å². The molecule has 1 fully saturated rings. The van der Waals surface area contributed by atoms with E-state index in [1.165, 1.54) is 43.2 Å². The minimum atomic E-state index is 0.339. The molecule has 1 saturated carbocycles. The van der Waals surface area contributed by atoms with E-state index >= 15 is 0 Å². The van der Waals surface area contributed by atoms with Crippen molar-refractivity contribution in [2.45, 2.75) is 56.9 Å². The van der Waals surface area contributed by atoms with E-state index in [0.717, 1.165) is 6.42 Å². The van der Waals surface area contributed by atoms with E-state index in [-0.39, 0.29) is 0 Å². The van der Waals surface area contributed by atoms with Crippen LogP contribution in [-0.4, -0.2) is 13.1 Å². The van der Waals surface area contributed by atoms with Gasteiger partial charge in [-0.25, -0.2) is 0 Å². The van der Waals surface area contributed by atoms with Crippen LogP contribution in [-0.2, 0) is 5.41 Å². The lowest BCUT2D eigenvalue weighted by atomic mass is 9.71. The van der Waals surface area contributed by atoms with Gasteiger partial charge < -0.3 is 5.32 Å². The normalized spacial score (nSPS) is 19.3. The standard InChI is InChI=1S/C18H27N/c1-15(2)11-12-17(19-3)18(13-7-8-14-18)16-9-5-4-6-10-16/h4-6,9-10,17,19H,1,7-8,11-14H2,2-3H3. The van der Waals surface area contributed by atoms with E-state index in [2.05, 4.69) is 56.2 Å². The van der Waals surface area contributed by atoms with Gasteiger partial charge >= 0.3 is 0 Å². The van der Waals surface area contributed by atoms with Gasteiger partial charge in [-0.15, -0.1) is 6.58 Å². The first-order valence-electron chi connectivity index (χ1n) is 7.56. The Labute approximate surface area is 118 Å². The first kappa shape index (κ1) is 14.3. The Morgan fingerprint density at radius 1 is 1.26 bits per heavy atom. The maximum absolute atomic E-state index is 4.06. The molecule has 104 valence electrons. The summed E-state index contributed by atoms with van der Waals surface area (Å²) in [5, 5.41) is 3.60. The molecule has 0 saturated heterocycles. The van der Waals surface area contributed by atoms with Crippen LogP contribution in [0.2, 0.25) is 0 Å². The van der Waals surface area contributed by atoms with E-state index in [0.29, 0.717) is 11.5 Å². The van der Waals surface area contributed by atoms with Crippen LogP contribution in [0.5, 0.6) is 0 Å². The van der Waals surface area contributed by atoms with Crippen molar-refractivity contribution in [3.63, 3.8) is 0 Å². The fraction of sp³-hybridized carbons (Fsp3) is 0.556. The van der Waals surface area contributed by atoms with Crippen molar-refractivity contribution < 1.29 is 0 Å². The minimum Gasteiger partial charge on any atom is -0.316 e. The van der Waals surface area contributed by atoms with Crippen molar-refractivity contribution >= 4 is 0 Å². The predicted octanol–water partition coefficient (Wildman–Crippen LogP) is 4.44. The Hall–Kier alpha value is -1.08. The van der Waals surface area contributed by atoms with Gasteiger partial charge in [0, 0.05) is 11.5 Å². The van der Waals surface area contributed by atoms with Crippen LogP contribution in [0.4, 0.5) is 0 Å². The Morgan fingerprint density at radius 2 is 1.89 bits per heavy atom. The highest BCUT2D eigenvalue weighted by Crippen LogP contribution is 2.45. The summed E-state index contributed by atoms with van der Waals surface area (Å²) in [7, 11) is 2.12. The van der Waals surface area contributed by atoms with Crippen LogP contribution in [0, 0.1) is 0 Å². The van der Waals surface area contributed by atoms with Crippen LogP contribution in [0.15, 0.2) is 42.5 Å². The first-order valence-corrected chi connectivity index (χ1v) is 7.56. The summed E-state index contributed by atoms with van der Waals surface area (Å²) in [6.07, 6.45) is 7.68. The molecule has 0 amide bonds. The molecule has 19 heavy (non-hydrogen) atoms. The topological polar surface area (TPSA) is 12.0 Å². The molecule has 1 heteroatoms. The van der Waals surface area contributed by atoms with Crippen LogP contribution in [0.3, 0.4) is 0 Å². The van der Waals surface area contributed by atoms with Crippen molar-refractivity contribution in [1.29, 1.82) is 0 Å². The predicted molar refractivity (Wildman–Crippen MR) is 83.5 cm³/mol. The smallest absolute Gasteiger partial charge is 0.0164 e. The van der Waals surface area contributed by atoms with Crippen molar-refractivity contribution in [2.75, 3.05) is 7.05 Å². The zero-order valence-corrected chi connectivity index (χ0v) is 12.4. The molecule has 0 spiro atoms. The molecule has 2 rings (SSSR count). The number of hydrogen-bond acceptors (Lipinski definition) is 1. The molecule has 1 aromatic rings. The van der Waals surface area contributed by atoms with Crippen LogP contribution >= 0.6 is 0 Å². The Bertz CT molecular complexity index is 401. The molecule has 1 aliphatic carbocycles. The maximum atomic E-state index is 4.06. The van der Waals surface area contributed by atoms with Gasteiger partial charge in [-0.1, -0.05) is 48.7 Å². The SMILES string of the molecule is C=C(C)CCC(NC)C1(c2ccccc2)CCCC1. The highest BCUT2D eigenvalue weighted by Gasteiger charge is 2.41. The molecule has 0 heterocycles. The van der Waals surface area contributed by atoms with Gasteiger partial charge in [-0.3, -0.25) is 0 Å². The summed E-state index contributed by atoms with van der Waals surface area (Å²) in [6.45, 7) is 6.19. The number of rotatable bonds is 6. The molecule has 0 aliphatic heterocycles. The third-order valence-electron chi connectivity index (χ3n) is 4.72. The van der Waals surface area contributed by atoms with E-state index < -0.39 is 0 Å². The zero-order chi connectivity index (χ0) is 13.7. The highest BCUT2D eigenvalue weighted by atomic mass is 14.9. The maximum Gasteiger partial charge on any atom is 0.0164 e. The second-order valence-corrected chi connectivity index (χ2v) is 6.07. The number of hydrogen-bond donors (Lipinski definition) is 1.